The van der Waals surface area contributed by atoms with Crippen LogP contribution in [-0.2, 0) is 52.0 Å². The van der Waals surface area contributed by atoms with E-state index in [1.54, 1.807) is 137 Å². The number of nitrogens with zero attached hydrogens (tertiary/aromatic N) is 1. The molecule has 2 saturated heterocycles. The van der Waals surface area contributed by atoms with Crippen LogP contribution in [0.4, 0.5) is 0 Å². The second-order valence-electron chi connectivity index (χ2n) is 22.1. The molecule has 0 spiro atoms. The molecule has 3 aliphatic carbocycles. The van der Waals surface area contributed by atoms with Crippen molar-refractivity contribution >= 4 is 43.9 Å². The van der Waals surface area contributed by atoms with Crippen molar-refractivity contribution in [3.63, 3.8) is 0 Å². The molecule has 1 amide bonds. The maximum absolute atomic E-state index is 16.6. The summed E-state index contributed by atoms with van der Waals surface area (Å²) in [6.45, 7) is 15.0. The van der Waals surface area contributed by atoms with Crippen molar-refractivity contribution in [1.29, 1.82) is 0 Å². The van der Waals surface area contributed by atoms with E-state index in [0.717, 1.165) is 0 Å². The van der Waals surface area contributed by atoms with Crippen molar-refractivity contribution in [3.8, 4) is 5.75 Å². The van der Waals surface area contributed by atoms with E-state index in [2.05, 4.69) is 20.8 Å². The fraction of sp³-hybridized carbons (Fsp3) is 0.475. The third-order valence-corrected chi connectivity index (χ3v) is 22.5. The molecule has 9 rings (SSSR count). The molecule has 2 bridgehead atoms. The van der Waals surface area contributed by atoms with Crippen LogP contribution in [0.1, 0.15) is 119 Å². The Morgan fingerprint density at radius 2 is 1.35 bits per heavy atom. The highest BCUT2D eigenvalue weighted by Crippen LogP contribution is 2.65. The molecule has 2 saturated carbocycles. The maximum atomic E-state index is 16.6. The van der Waals surface area contributed by atoms with E-state index in [1.807, 2.05) is 6.07 Å². The van der Waals surface area contributed by atoms with Gasteiger partial charge in [-0.2, -0.15) is 0 Å². The van der Waals surface area contributed by atoms with Gasteiger partial charge in [0.1, 0.15) is 29.7 Å². The minimum absolute atomic E-state index is 0.0816. The van der Waals surface area contributed by atoms with Crippen LogP contribution < -0.4 is 4.74 Å². The fourth-order valence-electron chi connectivity index (χ4n) is 13.4. The minimum atomic E-state index is -2.66. The van der Waals surface area contributed by atoms with Gasteiger partial charge in [0, 0.05) is 43.2 Å². The quantitative estimate of drug-likeness (QED) is 0.0511. The van der Waals surface area contributed by atoms with Crippen molar-refractivity contribution in [2.24, 2.45) is 16.7 Å². The van der Waals surface area contributed by atoms with Gasteiger partial charge in [-0.3, -0.25) is 24.1 Å². The SMILES string of the molecule is CC[Si](CC)(CC)O[C@H]1C[C@H]2OC[C@@]2(OC(C)=O)[C@H]2[C@H](OC(=O)c3ccccc3)[C@]3(O)C[C@H](OC(=O)[C@@H]4O[C@H](c5ccc(OC)cc5)N(C(=O)c5ccccc5)[C@H]4c4ccccc4)C(C)=C([C@@H](OC(C)=O)C(=O)[C@]12C)C3(C)C. The van der Waals surface area contributed by atoms with Gasteiger partial charge in [0.05, 0.1) is 42.8 Å². The Balaban J connectivity index is 1.24. The summed E-state index contributed by atoms with van der Waals surface area (Å²) < 4.78 is 52.1. The lowest BCUT2D eigenvalue weighted by molar-refractivity contribution is -0.344. The van der Waals surface area contributed by atoms with E-state index < -0.39 is 127 Å². The molecule has 414 valence electrons. The number of methoxy groups -OCH3 is 1. The molecular weight excluding hydrogens is 1010 g/mol. The number of Topliss-reactive ketones (excluding diaryl/α,β-unsaturated/α-hetero) is 1. The smallest absolute Gasteiger partial charge is 0.338 e. The van der Waals surface area contributed by atoms with Crippen LogP contribution in [0.25, 0.3) is 0 Å². The molecule has 78 heavy (non-hydrogen) atoms. The van der Waals surface area contributed by atoms with E-state index in [0.29, 0.717) is 46.1 Å². The Morgan fingerprint density at radius 1 is 0.756 bits per heavy atom. The van der Waals surface area contributed by atoms with E-state index >= 15 is 9.59 Å². The fourth-order valence-corrected chi connectivity index (χ4v) is 16.3. The molecule has 2 heterocycles. The molecule has 5 aliphatic rings. The third kappa shape index (κ3) is 9.37. The minimum Gasteiger partial charge on any atom is -0.497 e. The molecule has 0 unspecified atom stereocenters. The largest absolute Gasteiger partial charge is 0.497 e. The molecule has 1 N–H and O–H groups in total. The van der Waals surface area contributed by atoms with Gasteiger partial charge < -0.3 is 42.7 Å². The summed E-state index contributed by atoms with van der Waals surface area (Å²) in [5.41, 5.74) is -5.56. The van der Waals surface area contributed by atoms with Gasteiger partial charge in [0.15, 0.2) is 38.1 Å². The van der Waals surface area contributed by atoms with Crippen molar-refractivity contribution in [3.05, 3.63) is 149 Å². The number of amides is 1. The first-order chi connectivity index (χ1) is 37.1. The molecule has 0 radical (unpaired) electrons. The van der Waals surface area contributed by atoms with Gasteiger partial charge in [-0.25, -0.2) is 9.59 Å². The van der Waals surface area contributed by atoms with Crippen LogP contribution in [0, 0.1) is 16.7 Å². The summed E-state index contributed by atoms with van der Waals surface area (Å²) in [7, 11) is -1.12. The average Bonchev–Trinajstić information content (AvgIpc) is 4.00. The van der Waals surface area contributed by atoms with Crippen LogP contribution >= 0.6 is 0 Å². The summed E-state index contributed by atoms with van der Waals surface area (Å²) in [4.78, 5) is 90.8. The number of fused-ring (bicyclic) bond motifs is 5. The number of hydrogen-bond donors (Lipinski definition) is 1. The van der Waals surface area contributed by atoms with Gasteiger partial charge >= 0.3 is 23.9 Å². The number of ketones is 1. The molecule has 4 fully saturated rings. The van der Waals surface area contributed by atoms with E-state index in [4.69, 9.17) is 37.6 Å². The summed E-state index contributed by atoms with van der Waals surface area (Å²) >= 11 is 0. The normalized spacial score (nSPS) is 31.0. The Hall–Kier alpha value is -6.50. The van der Waals surface area contributed by atoms with Gasteiger partial charge in [-0.15, -0.1) is 0 Å². The lowest BCUT2D eigenvalue weighted by Gasteiger charge is -2.68. The maximum Gasteiger partial charge on any atom is 0.338 e. The standard InChI is InChI=1S/C61H71NO15Si/c1-11-78(12-2,13-3)77-45-33-46-60(35-71-46,76-38(6)64)51-53(75-56(67)42-27-21-16-22-28-42)61(69)34-44(36(4)47(58(61,7)8)49(72-37(5)63)52(65)59(45,51)9)73-57(68)50-48(39-23-17-14-18-24-39)62(54(66)40-25-19-15-20-26-40)55(74-50)41-29-31-43(70-10)32-30-41/h14-32,44-46,48-51,53,55,69H,11-13,33-35H2,1-10H3/t44-,45-,46+,48-,49+,50+,51-,53-,55+,59+,60-,61+/m0/s1. The number of carbonyl (C=O) groups excluding carboxylic acids is 6. The summed E-state index contributed by atoms with van der Waals surface area (Å²) in [6, 6.07) is 33.7. The highest BCUT2D eigenvalue weighted by Gasteiger charge is 2.79. The van der Waals surface area contributed by atoms with Gasteiger partial charge in [0.2, 0.25) is 0 Å². The first kappa shape index (κ1) is 56.2. The summed E-state index contributed by atoms with van der Waals surface area (Å²) in [5, 5.41) is 14.4. The van der Waals surface area contributed by atoms with Crippen molar-refractivity contribution < 1.29 is 71.5 Å². The van der Waals surface area contributed by atoms with Crippen LogP contribution in [0.5, 0.6) is 5.75 Å². The molecule has 17 heteroatoms. The van der Waals surface area contributed by atoms with Crippen LogP contribution in [0.2, 0.25) is 18.1 Å². The molecule has 4 aromatic carbocycles. The number of carbonyl (C=O) groups is 6. The molecule has 2 aliphatic heterocycles. The lowest BCUT2D eigenvalue weighted by Crippen LogP contribution is -2.82. The zero-order chi connectivity index (χ0) is 56.1. The Kier molecular flexibility index (Phi) is 15.6. The average molecular weight is 1090 g/mol. The zero-order valence-electron chi connectivity index (χ0n) is 46.0. The number of hydrogen-bond acceptors (Lipinski definition) is 15. The van der Waals surface area contributed by atoms with Gasteiger partial charge in [-0.1, -0.05) is 113 Å². The highest BCUT2D eigenvalue weighted by atomic mass is 28.4. The first-order valence-corrected chi connectivity index (χ1v) is 29.5. The Morgan fingerprint density at radius 3 is 1.88 bits per heavy atom. The third-order valence-electron chi connectivity index (χ3n) is 17.9. The van der Waals surface area contributed by atoms with Gasteiger partial charge in [-0.05, 0) is 85.1 Å². The zero-order valence-corrected chi connectivity index (χ0v) is 47.0. The number of ether oxygens (including phenoxy) is 7. The van der Waals surface area contributed by atoms with Gasteiger partial charge in [0.25, 0.3) is 5.91 Å². The van der Waals surface area contributed by atoms with Crippen molar-refractivity contribution in [1.82, 2.24) is 4.90 Å². The number of esters is 4. The Labute approximate surface area is 456 Å². The molecule has 16 nitrogen and oxygen atoms in total. The summed E-state index contributed by atoms with van der Waals surface area (Å²) in [5.74, 6) is -5.26. The van der Waals surface area contributed by atoms with Crippen LogP contribution in [0.15, 0.2) is 126 Å². The molecule has 12 atom stereocenters. The molecule has 0 aromatic heterocycles. The lowest BCUT2D eigenvalue weighted by atomic mass is 9.44. The van der Waals surface area contributed by atoms with E-state index in [-0.39, 0.29) is 24.2 Å². The highest BCUT2D eigenvalue weighted by molar-refractivity contribution is 6.73. The monoisotopic (exact) mass is 1090 g/mol. The topological polar surface area (TPSA) is 200 Å². The Bertz CT molecular complexity index is 2940. The second kappa shape index (κ2) is 21.6. The second-order valence-corrected chi connectivity index (χ2v) is 26.9. The van der Waals surface area contributed by atoms with Crippen LogP contribution in [0.3, 0.4) is 0 Å². The van der Waals surface area contributed by atoms with Crippen LogP contribution in [-0.4, -0.2) is 115 Å². The number of rotatable bonds is 15. The number of aliphatic hydroxyl groups is 1. The van der Waals surface area contributed by atoms with E-state index in [9.17, 15) is 24.3 Å². The first-order valence-electron chi connectivity index (χ1n) is 27.0. The summed E-state index contributed by atoms with van der Waals surface area (Å²) in [6.07, 6.45) is -9.79. The van der Waals surface area contributed by atoms with Crippen molar-refractivity contribution in [2.45, 2.75) is 153 Å². The molecule has 4 aromatic rings. The van der Waals surface area contributed by atoms with Crippen molar-refractivity contribution in [2.75, 3.05) is 13.7 Å². The van der Waals surface area contributed by atoms with E-state index in [1.165, 1.54) is 25.9 Å². The molecular formula is C61H71NO15Si. The predicted octanol–water partition coefficient (Wildman–Crippen LogP) is 9.22. The predicted molar refractivity (Wildman–Crippen MR) is 287 cm³/mol. The number of benzene rings is 4.